The Labute approximate surface area is 132 Å². The van der Waals surface area contributed by atoms with E-state index >= 15 is 0 Å². The van der Waals surface area contributed by atoms with Crippen LogP contribution in [-0.2, 0) is 4.79 Å². The zero-order valence-electron chi connectivity index (χ0n) is 13.3. The molecular formula is C19H24N2O. The lowest BCUT2D eigenvalue weighted by Crippen LogP contribution is -2.34. The lowest BCUT2D eigenvalue weighted by atomic mass is 9.98. The van der Waals surface area contributed by atoms with Crippen LogP contribution in [0.25, 0.3) is 16.5 Å². The molecule has 0 saturated heterocycles. The number of nitrogens with one attached hydrogen (secondary N) is 1. The minimum absolute atomic E-state index is 0.308. The molecule has 0 spiro atoms. The molecule has 0 aliphatic carbocycles. The van der Waals surface area contributed by atoms with Gasteiger partial charge in [0.2, 0.25) is 5.91 Å². The zero-order valence-corrected chi connectivity index (χ0v) is 13.3. The van der Waals surface area contributed by atoms with Gasteiger partial charge in [-0.2, -0.15) is 0 Å². The molecule has 0 unspecified atom stereocenters. The summed E-state index contributed by atoms with van der Waals surface area (Å²) >= 11 is 0. The van der Waals surface area contributed by atoms with Crippen LogP contribution in [0.15, 0.2) is 36.5 Å². The van der Waals surface area contributed by atoms with Gasteiger partial charge < -0.3 is 9.88 Å². The molecule has 1 N–H and O–H groups in total. The van der Waals surface area contributed by atoms with Crippen LogP contribution in [0.3, 0.4) is 0 Å². The first-order chi connectivity index (χ1) is 10.8. The van der Waals surface area contributed by atoms with Crippen LogP contribution in [0, 0.1) is 0 Å². The number of benzene rings is 1. The summed E-state index contributed by atoms with van der Waals surface area (Å²) in [5.74, 6) is 0.308. The molecule has 3 nitrogen and oxygen atoms in total. The van der Waals surface area contributed by atoms with E-state index in [2.05, 4.69) is 48.4 Å². The van der Waals surface area contributed by atoms with Gasteiger partial charge in [-0.15, -0.1) is 0 Å². The highest BCUT2D eigenvalue weighted by molar-refractivity contribution is 5.93. The third-order valence-electron chi connectivity index (χ3n) is 4.49. The monoisotopic (exact) mass is 296 g/mol. The lowest BCUT2D eigenvalue weighted by Gasteiger charge is -2.26. The maximum absolute atomic E-state index is 12.2. The number of nitrogens with zero attached hydrogens (tertiary/aromatic N) is 1. The molecule has 0 bridgehead atoms. The zero-order chi connectivity index (χ0) is 15.4. The number of para-hydroxylation sites is 1. The second kappa shape index (κ2) is 6.82. The Bertz CT molecular complexity index is 684. The lowest BCUT2D eigenvalue weighted by molar-refractivity contribution is -0.130. The van der Waals surface area contributed by atoms with Crippen LogP contribution >= 0.6 is 0 Å². The molecule has 1 aliphatic heterocycles. The van der Waals surface area contributed by atoms with Crippen LogP contribution < -0.4 is 0 Å². The number of hydrogen-bond acceptors (Lipinski definition) is 1. The molecule has 116 valence electrons. The first-order valence-electron chi connectivity index (χ1n) is 8.33. The molecule has 1 aromatic heterocycles. The highest BCUT2D eigenvalue weighted by Gasteiger charge is 2.18. The molecule has 1 aromatic carbocycles. The van der Waals surface area contributed by atoms with E-state index in [0.717, 1.165) is 38.8 Å². The average molecular weight is 296 g/mol. The highest BCUT2D eigenvalue weighted by atomic mass is 16.2. The minimum atomic E-state index is 0.308. The summed E-state index contributed by atoms with van der Waals surface area (Å²) in [6, 6.07) is 8.39. The average Bonchev–Trinajstić information content (AvgIpc) is 2.99. The van der Waals surface area contributed by atoms with Gasteiger partial charge in [-0.3, -0.25) is 4.79 Å². The molecule has 0 atom stereocenters. The third-order valence-corrected chi connectivity index (χ3v) is 4.49. The summed E-state index contributed by atoms with van der Waals surface area (Å²) in [6.45, 7) is 3.76. The maximum Gasteiger partial charge on any atom is 0.222 e. The van der Waals surface area contributed by atoms with E-state index < -0.39 is 0 Å². The number of hydrogen-bond donors (Lipinski definition) is 1. The topological polar surface area (TPSA) is 36.1 Å². The van der Waals surface area contributed by atoms with E-state index in [-0.39, 0.29) is 0 Å². The molecule has 22 heavy (non-hydrogen) atoms. The van der Waals surface area contributed by atoms with Gasteiger partial charge in [-0.25, -0.2) is 0 Å². The number of aromatic nitrogens is 1. The number of aromatic amines is 1. The highest BCUT2D eigenvalue weighted by Crippen LogP contribution is 2.29. The van der Waals surface area contributed by atoms with Crippen LogP contribution in [-0.4, -0.2) is 28.9 Å². The van der Waals surface area contributed by atoms with E-state index in [1.54, 1.807) is 0 Å². The second-order valence-corrected chi connectivity index (χ2v) is 6.02. The van der Waals surface area contributed by atoms with Crippen LogP contribution in [0.4, 0.5) is 0 Å². The fraction of sp³-hybridized carbons (Fsp3) is 0.421. The predicted molar refractivity (Wildman–Crippen MR) is 91.6 cm³/mol. The van der Waals surface area contributed by atoms with Gasteiger partial charge in [0.05, 0.1) is 0 Å². The molecular weight excluding hydrogens is 272 g/mol. The predicted octanol–water partition coefficient (Wildman–Crippen LogP) is 4.36. The Kier molecular flexibility index (Phi) is 4.62. The van der Waals surface area contributed by atoms with Crippen molar-refractivity contribution in [1.29, 1.82) is 0 Å². The minimum Gasteiger partial charge on any atom is -0.361 e. The second-order valence-electron chi connectivity index (χ2n) is 6.02. The number of amides is 1. The summed E-state index contributed by atoms with van der Waals surface area (Å²) in [5, 5.41) is 1.27. The van der Waals surface area contributed by atoms with Crippen molar-refractivity contribution in [1.82, 2.24) is 9.88 Å². The van der Waals surface area contributed by atoms with Crippen molar-refractivity contribution in [2.75, 3.05) is 13.1 Å². The van der Waals surface area contributed by atoms with Crippen molar-refractivity contribution in [2.45, 2.75) is 39.0 Å². The van der Waals surface area contributed by atoms with Crippen molar-refractivity contribution in [3.05, 3.63) is 42.1 Å². The van der Waals surface area contributed by atoms with Crippen LogP contribution in [0.2, 0.25) is 0 Å². The smallest absolute Gasteiger partial charge is 0.222 e. The summed E-state index contributed by atoms with van der Waals surface area (Å²) < 4.78 is 0. The Hall–Kier alpha value is -2.03. The molecule has 1 amide bonds. The van der Waals surface area contributed by atoms with Gasteiger partial charge in [-0.1, -0.05) is 44.0 Å². The summed E-state index contributed by atoms with van der Waals surface area (Å²) in [6.07, 6.45) is 9.29. The molecule has 2 aromatic rings. The van der Waals surface area contributed by atoms with Crippen molar-refractivity contribution >= 4 is 22.4 Å². The number of unbranched alkanes of at least 4 members (excludes halogenated alkanes) is 2. The van der Waals surface area contributed by atoms with Gasteiger partial charge in [0, 0.05) is 42.2 Å². The van der Waals surface area contributed by atoms with E-state index in [9.17, 15) is 4.79 Å². The standard InChI is InChI=1S/C19H24N2O/c1-2-3-4-9-19(22)21-12-10-15(11-13-21)17-14-20-18-8-6-5-7-16(17)18/h5-8,10,14,20H,2-4,9,11-13H2,1H3. The van der Waals surface area contributed by atoms with E-state index in [4.69, 9.17) is 0 Å². The van der Waals surface area contributed by atoms with Crippen LogP contribution in [0.5, 0.6) is 0 Å². The van der Waals surface area contributed by atoms with Crippen molar-refractivity contribution in [2.24, 2.45) is 0 Å². The number of fused-ring (bicyclic) bond motifs is 1. The van der Waals surface area contributed by atoms with E-state index in [0.29, 0.717) is 12.3 Å². The summed E-state index contributed by atoms with van der Waals surface area (Å²) in [5.41, 5.74) is 3.82. The van der Waals surface area contributed by atoms with Gasteiger partial charge >= 0.3 is 0 Å². The normalized spacial score (nSPS) is 15.1. The molecule has 2 heterocycles. The summed E-state index contributed by atoms with van der Waals surface area (Å²) in [7, 11) is 0. The summed E-state index contributed by atoms with van der Waals surface area (Å²) in [4.78, 5) is 17.5. The van der Waals surface area contributed by atoms with E-state index in [1.807, 2.05) is 4.90 Å². The number of carbonyl (C=O) groups is 1. The van der Waals surface area contributed by atoms with Gasteiger partial charge in [0.25, 0.3) is 0 Å². The van der Waals surface area contributed by atoms with Gasteiger partial charge in [0.1, 0.15) is 0 Å². The van der Waals surface area contributed by atoms with E-state index in [1.165, 1.54) is 22.0 Å². The van der Waals surface area contributed by atoms with Gasteiger partial charge in [-0.05, 0) is 24.5 Å². The number of H-pyrrole nitrogens is 1. The first-order valence-corrected chi connectivity index (χ1v) is 8.33. The molecule has 0 radical (unpaired) electrons. The Morgan fingerprint density at radius 2 is 2.14 bits per heavy atom. The van der Waals surface area contributed by atoms with Crippen LogP contribution in [0.1, 0.15) is 44.6 Å². The molecule has 3 rings (SSSR count). The van der Waals surface area contributed by atoms with Crippen molar-refractivity contribution in [3.8, 4) is 0 Å². The SMILES string of the molecule is CCCCCC(=O)N1CC=C(c2c[nH]c3ccccc23)CC1. The first kappa shape index (κ1) is 14.9. The third kappa shape index (κ3) is 3.08. The largest absolute Gasteiger partial charge is 0.361 e. The molecule has 1 aliphatic rings. The Morgan fingerprint density at radius 1 is 1.27 bits per heavy atom. The Balaban J connectivity index is 1.67. The fourth-order valence-corrected chi connectivity index (χ4v) is 3.16. The van der Waals surface area contributed by atoms with Crippen molar-refractivity contribution < 1.29 is 4.79 Å². The quantitative estimate of drug-likeness (QED) is 0.817. The molecule has 0 fully saturated rings. The number of carbonyl (C=O) groups excluding carboxylic acids is 1. The Morgan fingerprint density at radius 3 is 2.91 bits per heavy atom. The molecule has 3 heteroatoms. The molecule has 0 saturated carbocycles. The maximum atomic E-state index is 12.2. The fourth-order valence-electron chi connectivity index (χ4n) is 3.16. The van der Waals surface area contributed by atoms with Crippen molar-refractivity contribution in [3.63, 3.8) is 0 Å². The number of rotatable bonds is 5. The van der Waals surface area contributed by atoms with Gasteiger partial charge in [0.15, 0.2) is 0 Å².